The van der Waals surface area contributed by atoms with Gasteiger partial charge in [0, 0.05) is 23.4 Å². The van der Waals surface area contributed by atoms with Gasteiger partial charge in [-0.25, -0.2) is 8.42 Å². The number of anilines is 2. The van der Waals surface area contributed by atoms with E-state index in [1.165, 1.54) is 4.31 Å². The molecule has 0 fully saturated rings. The Morgan fingerprint density at radius 3 is 2.53 bits per heavy atom. The van der Waals surface area contributed by atoms with Crippen LogP contribution in [0.3, 0.4) is 0 Å². The molecule has 1 atom stereocenters. The van der Waals surface area contributed by atoms with Gasteiger partial charge >= 0.3 is 0 Å². The highest BCUT2D eigenvalue weighted by molar-refractivity contribution is 7.92. The lowest BCUT2D eigenvalue weighted by atomic mass is 10.1. The molecule has 2 aliphatic rings. The molecular weight excluding hydrogens is 428 g/mol. The number of hydrogen-bond acceptors (Lipinski definition) is 5. The average molecular weight is 451 g/mol. The van der Waals surface area contributed by atoms with E-state index in [9.17, 15) is 13.2 Å². The highest BCUT2D eigenvalue weighted by Crippen LogP contribution is 2.38. The summed E-state index contributed by atoms with van der Waals surface area (Å²) in [7, 11) is -3.70. The van der Waals surface area contributed by atoms with E-state index in [-0.39, 0.29) is 23.6 Å². The number of benzene rings is 3. The first-order chi connectivity index (χ1) is 15.3. The van der Waals surface area contributed by atoms with Crippen LogP contribution in [0.5, 0.6) is 11.5 Å². The fourth-order valence-electron chi connectivity index (χ4n) is 4.11. The average Bonchev–Trinajstić information content (AvgIpc) is 3.36. The number of carbonyl (C=O) groups is 1. The molecule has 3 aromatic carbocycles. The van der Waals surface area contributed by atoms with Gasteiger partial charge in [-0.1, -0.05) is 17.7 Å². The topological polar surface area (TPSA) is 84.9 Å². The predicted octanol–water partition coefficient (Wildman–Crippen LogP) is 4.12. The third-order valence-corrected chi connectivity index (χ3v) is 7.65. The second kappa shape index (κ2) is 7.56. The molecule has 32 heavy (non-hydrogen) atoms. The maximum Gasteiger partial charge on any atom is 0.264 e. The van der Waals surface area contributed by atoms with Crippen LogP contribution in [0.15, 0.2) is 65.6 Å². The molecular formula is C24H22N2O5S. The molecule has 1 amide bonds. The van der Waals surface area contributed by atoms with Crippen molar-refractivity contribution in [2.75, 3.05) is 16.4 Å². The first-order valence-corrected chi connectivity index (χ1v) is 11.7. The van der Waals surface area contributed by atoms with Crippen molar-refractivity contribution in [3.05, 3.63) is 77.4 Å². The summed E-state index contributed by atoms with van der Waals surface area (Å²) < 4.78 is 38.7. The Morgan fingerprint density at radius 2 is 1.75 bits per heavy atom. The number of nitrogens with zero attached hydrogens (tertiary/aromatic N) is 1. The number of ether oxygens (including phenoxy) is 2. The lowest BCUT2D eigenvalue weighted by Crippen LogP contribution is -2.35. The number of amides is 1. The molecule has 0 saturated heterocycles. The van der Waals surface area contributed by atoms with E-state index in [0.717, 1.165) is 11.1 Å². The Bertz CT molecular complexity index is 1320. The maximum absolute atomic E-state index is 13.3. The molecule has 2 heterocycles. The fraction of sp³-hybridized carbons (Fsp3) is 0.208. The van der Waals surface area contributed by atoms with E-state index >= 15 is 0 Å². The zero-order valence-corrected chi connectivity index (χ0v) is 18.5. The highest BCUT2D eigenvalue weighted by Gasteiger charge is 2.36. The van der Waals surface area contributed by atoms with Crippen LogP contribution in [0.4, 0.5) is 11.4 Å². The van der Waals surface area contributed by atoms with Gasteiger partial charge in [0.05, 0.1) is 10.6 Å². The van der Waals surface area contributed by atoms with E-state index < -0.39 is 10.0 Å². The van der Waals surface area contributed by atoms with Gasteiger partial charge in [-0.3, -0.25) is 9.10 Å². The Labute approximate surface area is 186 Å². The molecule has 1 N–H and O–H groups in total. The van der Waals surface area contributed by atoms with Crippen LogP contribution in [0.1, 0.15) is 28.4 Å². The summed E-state index contributed by atoms with van der Waals surface area (Å²) >= 11 is 0. The maximum atomic E-state index is 13.3. The fourth-order valence-corrected chi connectivity index (χ4v) is 5.80. The third-order valence-electron chi connectivity index (χ3n) is 5.70. The third kappa shape index (κ3) is 3.46. The van der Waals surface area contributed by atoms with Crippen LogP contribution in [0.25, 0.3) is 0 Å². The summed E-state index contributed by atoms with van der Waals surface area (Å²) in [4.78, 5) is 13.1. The number of sulfonamides is 1. The zero-order valence-electron chi connectivity index (χ0n) is 17.7. The standard InChI is InChI=1S/C24H22N2O5S/c1-15-3-7-20(8-4-15)32(28,29)26-16(2)11-18-12-17(5-9-21(18)26)24(27)25-19-6-10-22-23(13-19)31-14-30-22/h3-10,12-13,16H,11,14H2,1-2H3,(H,25,27)/t16-/m0/s1. The minimum atomic E-state index is -3.70. The number of nitrogens with one attached hydrogen (secondary N) is 1. The number of carbonyl (C=O) groups excluding carboxylic acids is 1. The van der Waals surface area contributed by atoms with Crippen molar-refractivity contribution in [2.24, 2.45) is 0 Å². The summed E-state index contributed by atoms with van der Waals surface area (Å²) in [5.74, 6) is 0.950. The van der Waals surface area contributed by atoms with Crippen molar-refractivity contribution in [3.63, 3.8) is 0 Å². The molecule has 0 unspecified atom stereocenters. The van der Waals surface area contributed by atoms with Gasteiger partial charge in [0.15, 0.2) is 11.5 Å². The minimum Gasteiger partial charge on any atom is -0.454 e. The molecule has 0 aliphatic carbocycles. The molecule has 3 aromatic rings. The predicted molar refractivity (Wildman–Crippen MR) is 121 cm³/mol. The van der Waals surface area contributed by atoms with E-state index in [4.69, 9.17) is 9.47 Å². The molecule has 0 aromatic heterocycles. The smallest absolute Gasteiger partial charge is 0.264 e. The second-order valence-electron chi connectivity index (χ2n) is 8.03. The van der Waals surface area contributed by atoms with Gasteiger partial charge in [-0.15, -0.1) is 0 Å². The first kappa shape index (κ1) is 20.4. The van der Waals surface area contributed by atoms with E-state index in [1.807, 2.05) is 13.8 Å². The van der Waals surface area contributed by atoms with Gasteiger partial charge in [0.25, 0.3) is 15.9 Å². The van der Waals surface area contributed by atoms with Crippen LogP contribution in [-0.2, 0) is 16.4 Å². The summed E-state index contributed by atoms with van der Waals surface area (Å²) in [6.45, 7) is 3.95. The van der Waals surface area contributed by atoms with Crippen molar-refractivity contribution in [1.29, 1.82) is 0 Å². The van der Waals surface area contributed by atoms with Gasteiger partial charge in [0.2, 0.25) is 6.79 Å². The summed E-state index contributed by atoms with van der Waals surface area (Å²) in [5, 5.41) is 2.86. The number of rotatable bonds is 4. The number of hydrogen-bond donors (Lipinski definition) is 1. The Balaban J connectivity index is 1.41. The molecule has 5 rings (SSSR count). The molecule has 7 nitrogen and oxygen atoms in total. The normalized spacial score (nSPS) is 16.7. The van der Waals surface area contributed by atoms with E-state index in [0.29, 0.717) is 34.9 Å². The Morgan fingerprint density at radius 1 is 1.00 bits per heavy atom. The van der Waals surface area contributed by atoms with Gasteiger partial charge in [-0.05, 0) is 68.3 Å². The van der Waals surface area contributed by atoms with E-state index in [1.54, 1.807) is 60.7 Å². The zero-order chi connectivity index (χ0) is 22.5. The largest absolute Gasteiger partial charge is 0.454 e. The molecule has 2 aliphatic heterocycles. The van der Waals surface area contributed by atoms with Gasteiger partial charge in [-0.2, -0.15) is 0 Å². The Hall–Kier alpha value is -3.52. The van der Waals surface area contributed by atoms with Crippen LogP contribution in [0, 0.1) is 6.92 Å². The van der Waals surface area contributed by atoms with Crippen LogP contribution < -0.4 is 19.1 Å². The van der Waals surface area contributed by atoms with Crippen LogP contribution in [0.2, 0.25) is 0 Å². The lowest BCUT2D eigenvalue weighted by molar-refractivity contribution is 0.102. The van der Waals surface area contributed by atoms with Gasteiger partial charge in [0.1, 0.15) is 0 Å². The summed E-state index contributed by atoms with van der Waals surface area (Å²) in [6, 6.07) is 16.9. The molecule has 164 valence electrons. The van der Waals surface area contributed by atoms with Gasteiger partial charge < -0.3 is 14.8 Å². The second-order valence-corrected chi connectivity index (χ2v) is 9.85. The minimum absolute atomic E-state index is 0.164. The van der Waals surface area contributed by atoms with Crippen LogP contribution >= 0.6 is 0 Å². The number of fused-ring (bicyclic) bond motifs is 2. The highest BCUT2D eigenvalue weighted by atomic mass is 32.2. The Kier molecular flexibility index (Phi) is 4.82. The molecule has 8 heteroatoms. The van der Waals surface area contributed by atoms with Crippen molar-refractivity contribution in [2.45, 2.75) is 31.2 Å². The van der Waals surface area contributed by atoms with E-state index in [2.05, 4.69) is 5.32 Å². The van der Waals surface area contributed by atoms with Crippen molar-refractivity contribution >= 4 is 27.3 Å². The summed E-state index contributed by atoms with van der Waals surface area (Å²) in [5.41, 5.74) is 3.49. The monoisotopic (exact) mass is 450 g/mol. The molecule has 0 radical (unpaired) electrons. The molecule has 0 bridgehead atoms. The number of aryl methyl sites for hydroxylation is 1. The van der Waals surface area contributed by atoms with Crippen molar-refractivity contribution < 1.29 is 22.7 Å². The van der Waals surface area contributed by atoms with Crippen molar-refractivity contribution in [1.82, 2.24) is 0 Å². The van der Waals surface area contributed by atoms with Crippen molar-refractivity contribution in [3.8, 4) is 11.5 Å². The SMILES string of the molecule is Cc1ccc(S(=O)(=O)N2c3ccc(C(=O)Nc4ccc5c(c4)OCO5)cc3C[C@@H]2C)cc1. The quantitative estimate of drug-likeness (QED) is 0.647. The van der Waals surface area contributed by atoms with Crippen LogP contribution in [-0.4, -0.2) is 27.2 Å². The summed E-state index contributed by atoms with van der Waals surface area (Å²) in [6.07, 6.45) is 0.533. The molecule has 0 saturated carbocycles. The first-order valence-electron chi connectivity index (χ1n) is 10.3. The molecule has 0 spiro atoms. The lowest BCUT2D eigenvalue weighted by Gasteiger charge is -2.24.